The molecule has 3 nitrogen and oxygen atoms in total. The SMILES string of the molecule is CN(CC(=O)NCc1cccs1)Cc1c(F)cccc1Cl. The molecule has 0 unspecified atom stereocenters. The predicted molar refractivity (Wildman–Crippen MR) is 83.9 cm³/mol. The number of hydrogen-bond acceptors (Lipinski definition) is 3. The second kappa shape index (κ2) is 7.54. The second-order valence-electron chi connectivity index (χ2n) is 4.73. The van der Waals surface area contributed by atoms with E-state index in [1.165, 1.54) is 6.07 Å². The van der Waals surface area contributed by atoms with Crippen LogP contribution in [0.2, 0.25) is 5.02 Å². The lowest BCUT2D eigenvalue weighted by molar-refractivity contribution is -0.122. The predicted octanol–water partition coefficient (Wildman–Crippen LogP) is 3.29. The average molecular weight is 327 g/mol. The van der Waals surface area contributed by atoms with Crippen LogP contribution in [0, 0.1) is 5.82 Å². The molecule has 0 saturated carbocycles. The van der Waals surface area contributed by atoms with Crippen LogP contribution in [0.15, 0.2) is 35.7 Å². The normalized spacial score (nSPS) is 10.9. The zero-order valence-electron chi connectivity index (χ0n) is 11.6. The second-order valence-corrected chi connectivity index (χ2v) is 6.17. The molecule has 1 aromatic heterocycles. The lowest BCUT2D eigenvalue weighted by atomic mass is 10.2. The lowest BCUT2D eigenvalue weighted by Gasteiger charge is -2.17. The van der Waals surface area contributed by atoms with Crippen molar-refractivity contribution in [3.63, 3.8) is 0 Å². The number of nitrogens with one attached hydrogen (secondary N) is 1. The van der Waals surface area contributed by atoms with Gasteiger partial charge in [-0.25, -0.2) is 4.39 Å². The molecule has 0 saturated heterocycles. The van der Waals surface area contributed by atoms with Crippen LogP contribution in [-0.2, 0) is 17.9 Å². The third kappa shape index (κ3) is 4.81. The minimum Gasteiger partial charge on any atom is -0.350 e. The van der Waals surface area contributed by atoms with Crippen molar-refractivity contribution in [1.82, 2.24) is 10.2 Å². The summed E-state index contributed by atoms with van der Waals surface area (Å²) in [5, 5.41) is 5.18. The van der Waals surface area contributed by atoms with Crippen LogP contribution in [0.4, 0.5) is 4.39 Å². The molecule has 0 fully saturated rings. The molecule has 2 rings (SSSR count). The van der Waals surface area contributed by atoms with Gasteiger partial charge in [-0.1, -0.05) is 23.7 Å². The van der Waals surface area contributed by atoms with Gasteiger partial charge in [0, 0.05) is 22.0 Å². The van der Waals surface area contributed by atoms with Gasteiger partial charge in [0.2, 0.25) is 5.91 Å². The van der Waals surface area contributed by atoms with E-state index in [4.69, 9.17) is 11.6 Å². The van der Waals surface area contributed by atoms with E-state index in [9.17, 15) is 9.18 Å². The fourth-order valence-corrected chi connectivity index (χ4v) is 2.78. The maximum Gasteiger partial charge on any atom is 0.234 e. The highest BCUT2D eigenvalue weighted by atomic mass is 35.5. The maximum absolute atomic E-state index is 13.7. The molecule has 1 heterocycles. The van der Waals surface area contributed by atoms with Gasteiger partial charge in [0.1, 0.15) is 5.82 Å². The first-order valence-electron chi connectivity index (χ1n) is 6.47. The van der Waals surface area contributed by atoms with Gasteiger partial charge in [0.15, 0.2) is 0 Å². The molecule has 21 heavy (non-hydrogen) atoms. The summed E-state index contributed by atoms with van der Waals surface area (Å²) >= 11 is 7.57. The molecular weight excluding hydrogens is 311 g/mol. The first-order valence-corrected chi connectivity index (χ1v) is 7.72. The Kier molecular flexibility index (Phi) is 5.73. The van der Waals surface area contributed by atoms with Crippen molar-refractivity contribution in [2.75, 3.05) is 13.6 Å². The van der Waals surface area contributed by atoms with Crippen LogP contribution in [0.5, 0.6) is 0 Å². The molecular formula is C15H16ClFN2OS. The quantitative estimate of drug-likeness (QED) is 0.883. The average Bonchev–Trinajstić information content (AvgIpc) is 2.94. The largest absolute Gasteiger partial charge is 0.350 e. The van der Waals surface area contributed by atoms with Crippen molar-refractivity contribution in [1.29, 1.82) is 0 Å². The Bertz CT molecular complexity index is 583. The van der Waals surface area contributed by atoms with Crippen molar-refractivity contribution in [3.8, 4) is 0 Å². The lowest BCUT2D eigenvalue weighted by Crippen LogP contribution is -2.34. The molecule has 1 amide bonds. The van der Waals surface area contributed by atoms with Crippen LogP contribution in [0.3, 0.4) is 0 Å². The number of benzene rings is 1. The summed E-state index contributed by atoms with van der Waals surface area (Å²) in [5.74, 6) is -0.452. The van der Waals surface area contributed by atoms with Crippen LogP contribution in [0.25, 0.3) is 0 Å². The Morgan fingerprint density at radius 1 is 1.38 bits per heavy atom. The zero-order valence-corrected chi connectivity index (χ0v) is 13.2. The summed E-state index contributed by atoms with van der Waals surface area (Å²) in [4.78, 5) is 14.7. The Hall–Kier alpha value is -1.43. The summed E-state index contributed by atoms with van der Waals surface area (Å²) < 4.78 is 13.7. The van der Waals surface area contributed by atoms with Gasteiger partial charge in [-0.15, -0.1) is 11.3 Å². The summed E-state index contributed by atoms with van der Waals surface area (Å²) in [6, 6.07) is 8.48. The van der Waals surface area contributed by atoms with Crippen molar-refractivity contribution in [2.24, 2.45) is 0 Å². The fraction of sp³-hybridized carbons (Fsp3) is 0.267. The number of nitrogens with zero attached hydrogens (tertiary/aromatic N) is 1. The van der Waals surface area contributed by atoms with Crippen LogP contribution >= 0.6 is 22.9 Å². The van der Waals surface area contributed by atoms with E-state index in [2.05, 4.69) is 5.32 Å². The third-order valence-electron chi connectivity index (χ3n) is 2.94. The fourth-order valence-electron chi connectivity index (χ4n) is 1.91. The molecule has 1 aromatic carbocycles. The molecule has 0 spiro atoms. The Morgan fingerprint density at radius 2 is 2.19 bits per heavy atom. The first kappa shape index (κ1) is 15.9. The Morgan fingerprint density at radius 3 is 2.86 bits per heavy atom. The van der Waals surface area contributed by atoms with E-state index in [0.29, 0.717) is 17.1 Å². The highest BCUT2D eigenvalue weighted by Gasteiger charge is 2.12. The Balaban J connectivity index is 1.83. The summed E-state index contributed by atoms with van der Waals surface area (Å²) in [5.41, 5.74) is 0.410. The van der Waals surface area contributed by atoms with E-state index >= 15 is 0 Å². The molecule has 0 atom stereocenters. The summed E-state index contributed by atoms with van der Waals surface area (Å²) in [6.07, 6.45) is 0. The molecule has 0 aliphatic heterocycles. The van der Waals surface area contributed by atoms with Crippen molar-refractivity contribution in [2.45, 2.75) is 13.1 Å². The smallest absolute Gasteiger partial charge is 0.234 e. The van der Waals surface area contributed by atoms with Gasteiger partial charge in [0.25, 0.3) is 0 Å². The first-order chi connectivity index (χ1) is 10.1. The number of carbonyl (C=O) groups is 1. The highest BCUT2D eigenvalue weighted by molar-refractivity contribution is 7.09. The molecule has 112 valence electrons. The maximum atomic E-state index is 13.7. The number of rotatable bonds is 6. The number of hydrogen-bond donors (Lipinski definition) is 1. The minimum atomic E-state index is -0.353. The van der Waals surface area contributed by atoms with Crippen LogP contribution in [0.1, 0.15) is 10.4 Å². The monoisotopic (exact) mass is 326 g/mol. The molecule has 0 bridgehead atoms. The molecule has 0 radical (unpaired) electrons. The molecule has 2 aromatic rings. The van der Waals surface area contributed by atoms with Gasteiger partial charge in [0.05, 0.1) is 13.1 Å². The van der Waals surface area contributed by atoms with Gasteiger partial charge < -0.3 is 5.32 Å². The van der Waals surface area contributed by atoms with Crippen molar-refractivity contribution >= 4 is 28.8 Å². The van der Waals surface area contributed by atoms with Crippen molar-refractivity contribution in [3.05, 3.63) is 57.0 Å². The van der Waals surface area contributed by atoms with Crippen LogP contribution < -0.4 is 5.32 Å². The van der Waals surface area contributed by atoms with E-state index in [1.807, 2.05) is 17.5 Å². The minimum absolute atomic E-state index is 0.0987. The summed E-state index contributed by atoms with van der Waals surface area (Å²) in [7, 11) is 1.76. The van der Waals surface area contributed by atoms with Gasteiger partial charge in [-0.2, -0.15) is 0 Å². The van der Waals surface area contributed by atoms with E-state index in [1.54, 1.807) is 35.4 Å². The molecule has 6 heteroatoms. The highest BCUT2D eigenvalue weighted by Crippen LogP contribution is 2.20. The van der Waals surface area contributed by atoms with Gasteiger partial charge in [-0.3, -0.25) is 9.69 Å². The van der Waals surface area contributed by atoms with E-state index < -0.39 is 0 Å². The summed E-state index contributed by atoms with van der Waals surface area (Å²) in [6.45, 7) is 0.999. The topological polar surface area (TPSA) is 32.3 Å². The number of halogens is 2. The number of amides is 1. The standard InChI is InChI=1S/C15H16ClFN2OS/c1-19(9-12-13(16)5-2-6-14(12)17)10-15(20)18-8-11-4-3-7-21-11/h2-7H,8-10H2,1H3,(H,18,20). The van der Waals surface area contributed by atoms with E-state index in [0.717, 1.165) is 4.88 Å². The van der Waals surface area contributed by atoms with E-state index in [-0.39, 0.29) is 24.8 Å². The molecule has 1 N–H and O–H groups in total. The van der Waals surface area contributed by atoms with Gasteiger partial charge in [-0.05, 0) is 30.6 Å². The number of carbonyl (C=O) groups excluding carboxylic acids is 1. The zero-order chi connectivity index (χ0) is 15.2. The number of thiophene rings is 1. The van der Waals surface area contributed by atoms with Crippen LogP contribution in [-0.4, -0.2) is 24.4 Å². The third-order valence-corrected chi connectivity index (χ3v) is 4.17. The number of likely N-dealkylation sites (N-methyl/N-ethyl adjacent to an activating group) is 1. The molecule has 0 aliphatic carbocycles. The van der Waals surface area contributed by atoms with Gasteiger partial charge >= 0.3 is 0 Å². The Labute approximate surface area is 132 Å². The van der Waals surface area contributed by atoms with Crippen molar-refractivity contribution < 1.29 is 9.18 Å². The molecule has 0 aliphatic rings.